The summed E-state index contributed by atoms with van der Waals surface area (Å²) >= 11 is 0. The number of phenols is 2. The molecular weight excluding hydrogens is 544 g/mol. The van der Waals surface area contributed by atoms with Crippen molar-refractivity contribution in [3.63, 3.8) is 0 Å². The summed E-state index contributed by atoms with van der Waals surface area (Å²) in [5, 5.41) is 22.8. The first-order chi connectivity index (χ1) is 20.2. The molecule has 42 heavy (non-hydrogen) atoms. The molecule has 0 bridgehead atoms. The lowest BCUT2D eigenvalue weighted by Crippen LogP contribution is -2.33. The van der Waals surface area contributed by atoms with Gasteiger partial charge in [-0.2, -0.15) is 4.98 Å². The number of aromatic hydroxyl groups is 2. The number of amides is 1. The molecule has 0 radical (unpaired) electrons. The van der Waals surface area contributed by atoms with Crippen molar-refractivity contribution in [2.75, 3.05) is 12.3 Å². The fourth-order valence-electron chi connectivity index (χ4n) is 5.02. The van der Waals surface area contributed by atoms with Crippen LogP contribution in [0.4, 0.5) is 5.82 Å². The van der Waals surface area contributed by atoms with E-state index in [0.29, 0.717) is 23.0 Å². The SMILES string of the molecule is Nc1nc(=O)n(CC=O)cc1C#CCNC(=O)c1ccc2c(c1)C1(OC2=O)c2ccc(O)cc2Oc2cc(O)ccc21. The molecule has 6 rings (SSSR count). The molecule has 3 heterocycles. The highest BCUT2D eigenvalue weighted by Crippen LogP contribution is 2.57. The molecule has 2 aliphatic heterocycles. The second-order valence-electron chi connectivity index (χ2n) is 9.42. The molecule has 1 amide bonds. The van der Waals surface area contributed by atoms with Crippen LogP contribution in [0.3, 0.4) is 0 Å². The predicted octanol–water partition coefficient (Wildman–Crippen LogP) is 1.79. The number of benzene rings is 3. The van der Waals surface area contributed by atoms with Crippen LogP contribution in [-0.4, -0.2) is 44.5 Å². The number of rotatable bonds is 4. The lowest BCUT2D eigenvalue weighted by atomic mass is 9.77. The Kier molecular flexibility index (Phi) is 6.12. The average molecular weight is 565 g/mol. The summed E-state index contributed by atoms with van der Waals surface area (Å²) in [7, 11) is 0. The zero-order chi connectivity index (χ0) is 29.6. The van der Waals surface area contributed by atoms with Gasteiger partial charge in [0.25, 0.3) is 5.91 Å². The molecule has 12 nitrogen and oxygen atoms in total. The van der Waals surface area contributed by atoms with Gasteiger partial charge in [-0.15, -0.1) is 0 Å². The first kappa shape index (κ1) is 26.1. The molecule has 0 fully saturated rings. The fraction of sp³-hybridized carbons (Fsp3) is 0.100. The van der Waals surface area contributed by atoms with E-state index in [1.807, 2.05) is 0 Å². The van der Waals surface area contributed by atoms with Gasteiger partial charge in [0, 0.05) is 40.6 Å². The van der Waals surface area contributed by atoms with Crippen LogP contribution in [0.5, 0.6) is 23.0 Å². The zero-order valence-corrected chi connectivity index (χ0v) is 21.6. The third-order valence-corrected chi connectivity index (χ3v) is 6.89. The third kappa shape index (κ3) is 4.16. The molecule has 2 aliphatic rings. The van der Waals surface area contributed by atoms with E-state index in [2.05, 4.69) is 22.1 Å². The highest BCUT2D eigenvalue weighted by atomic mass is 16.6. The number of esters is 1. The third-order valence-electron chi connectivity index (χ3n) is 6.89. The Hall–Kier alpha value is -6.09. The fourth-order valence-corrected chi connectivity index (χ4v) is 5.02. The van der Waals surface area contributed by atoms with Crippen LogP contribution in [0.1, 0.15) is 43.0 Å². The Balaban J connectivity index is 1.34. The van der Waals surface area contributed by atoms with Gasteiger partial charge in [-0.3, -0.25) is 9.36 Å². The second-order valence-corrected chi connectivity index (χ2v) is 9.42. The van der Waals surface area contributed by atoms with Crippen molar-refractivity contribution in [1.82, 2.24) is 14.9 Å². The quantitative estimate of drug-likeness (QED) is 0.162. The van der Waals surface area contributed by atoms with Gasteiger partial charge in [0.05, 0.1) is 24.2 Å². The number of nitrogens with two attached hydrogens (primary N) is 1. The number of aldehydes is 1. The molecule has 5 N–H and O–H groups in total. The van der Waals surface area contributed by atoms with E-state index in [0.717, 1.165) is 4.57 Å². The van der Waals surface area contributed by atoms with E-state index in [9.17, 15) is 29.4 Å². The first-order valence-electron chi connectivity index (χ1n) is 12.5. The number of nitrogens with zero attached hydrogens (tertiary/aromatic N) is 2. The number of nitrogen functional groups attached to an aromatic ring is 1. The first-order valence-corrected chi connectivity index (χ1v) is 12.5. The zero-order valence-electron chi connectivity index (χ0n) is 21.6. The number of hydrogen-bond donors (Lipinski definition) is 4. The number of nitrogens with one attached hydrogen (secondary N) is 1. The van der Waals surface area contributed by atoms with E-state index in [1.54, 1.807) is 18.2 Å². The standard InChI is InChI=1S/C30H20N4O8/c31-26-17(15-34(10-11-35)29(40)33-26)2-1-9-32-27(38)16-3-6-20-23(12-16)30(42-28(20)39)21-7-4-18(36)13-24(21)41-25-14-19(37)5-8-22(25)30/h3-8,11-15,36-37H,9-10H2,(H,32,38)(H2,31,33,40). The molecule has 0 saturated carbocycles. The molecular formula is C30H20N4O8. The van der Waals surface area contributed by atoms with Crippen molar-refractivity contribution in [1.29, 1.82) is 0 Å². The van der Waals surface area contributed by atoms with Crippen LogP contribution in [0.25, 0.3) is 0 Å². The van der Waals surface area contributed by atoms with Crippen molar-refractivity contribution in [2.45, 2.75) is 12.1 Å². The Bertz CT molecular complexity index is 1900. The summed E-state index contributed by atoms with van der Waals surface area (Å²) in [6.07, 6.45) is 1.86. The van der Waals surface area contributed by atoms with Gasteiger partial charge in [-0.1, -0.05) is 11.8 Å². The van der Waals surface area contributed by atoms with E-state index >= 15 is 0 Å². The maximum absolute atomic E-state index is 13.1. The van der Waals surface area contributed by atoms with Gasteiger partial charge < -0.3 is 35.5 Å². The molecule has 3 aromatic carbocycles. The number of ether oxygens (including phenoxy) is 2. The van der Waals surface area contributed by atoms with E-state index in [-0.39, 0.29) is 58.6 Å². The minimum atomic E-state index is -1.51. The van der Waals surface area contributed by atoms with E-state index in [1.165, 1.54) is 42.6 Å². The maximum Gasteiger partial charge on any atom is 0.349 e. The van der Waals surface area contributed by atoms with E-state index < -0.39 is 23.2 Å². The van der Waals surface area contributed by atoms with Crippen LogP contribution in [0.2, 0.25) is 0 Å². The van der Waals surface area contributed by atoms with Gasteiger partial charge in [-0.05, 0) is 42.5 Å². The van der Waals surface area contributed by atoms with Crippen molar-refractivity contribution in [2.24, 2.45) is 0 Å². The Morgan fingerprint density at radius 2 is 1.71 bits per heavy atom. The van der Waals surface area contributed by atoms with Crippen LogP contribution < -0.4 is 21.5 Å². The van der Waals surface area contributed by atoms with E-state index in [4.69, 9.17) is 15.2 Å². The lowest BCUT2D eigenvalue weighted by Gasteiger charge is -2.36. The number of aromatic nitrogens is 2. The Morgan fingerprint density at radius 3 is 2.38 bits per heavy atom. The summed E-state index contributed by atoms with van der Waals surface area (Å²) in [6, 6.07) is 13.3. The van der Waals surface area contributed by atoms with Gasteiger partial charge in [0.1, 0.15) is 35.1 Å². The second kappa shape index (κ2) is 9.83. The molecule has 0 unspecified atom stereocenters. The highest BCUT2D eigenvalue weighted by molar-refractivity contribution is 6.00. The number of carbonyl (C=O) groups excluding carboxylic acids is 3. The molecule has 1 spiro atoms. The Labute approximate surface area is 237 Å². The minimum Gasteiger partial charge on any atom is -0.508 e. The molecule has 0 aliphatic carbocycles. The van der Waals surface area contributed by atoms with Crippen molar-refractivity contribution in [3.8, 4) is 34.8 Å². The summed E-state index contributed by atoms with van der Waals surface area (Å²) in [5.41, 5.74) is 5.46. The molecule has 1 aromatic heterocycles. The number of phenolic OH excluding ortho intramolecular Hbond substituents is 2. The topological polar surface area (TPSA) is 183 Å². The summed E-state index contributed by atoms with van der Waals surface area (Å²) in [6.45, 7) is -0.298. The summed E-state index contributed by atoms with van der Waals surface area (Å²) in [5.74, 6) is 4.51. The largest absolute Gasteiger partial charge is 0.508 e. The monoisotopic (exact) mass is 564 g/mol. The number of anilines is 1. The van der Waals surface area contributed by atoms with Crippen LogP contribution in [-0.2, 0) is 21.7 Å². The normalized spacial score (nSPS) is 13.5. The molecule has 0 saturated heterocycles. The van der Waals surface area contributed by atoms with Crippen molar-refractivity contribution >= 4 is 24.0 Å². The molecule has 208 valence electrons. The van der Waals surface area contributed by atoms with Gasteiger partial charge in [-0.25, -0.2) is 9.59 Å². The highest BCUT2D eigenvalue weighted by Gasteiger charge is 2.53. The number of hydrogen-bond acceptors (Lipinski definition) is 10. The molecule has 12 heteroatoms. The minimum absolute atomic E-state index is 0.0775. The summed E-state index contributed by atoms with van der Waals surface area (Å²) < 4.78 is 13.0. The number of fused-ring (bicyclic) bond motifs is 6. The van der Waals surface area contributed by atoms with Crippen molar-refractivity contribution < 1.29 is 34.1 Å². The van der Waals surface area contributed by atoms with Crippen LogP contribution >= 0.6 is 0 Å². The smallest absolute Gasteiger partial charge is 0.349 e. The van der Waals surface area contributed by atoms with Gasteiger partial charge in [0.15, 0.2) is 5.60 Å². The van der Waals surface area contributed by atoms with Crippen molar-refractivity contribution in [3.05, 3.63) is 105 Å². The van der Waals surface area contributed by atoms with Crippen LogP contribution in [0.15, 0.2) is 65.6 Å². The average Bonchev–Trinajstić information content (AvgIpc) is 3.24. The molecule has 4 aromatic rings. The number of carbonyl (C=O) groups is 3. The summed E-state index contributed by atoms with van der Waals surface area (Å²) in [4.78, 5) is 52.4. The maximum atomic E-state index is 13.1. The predicted molar refractivity (Wildman–Crippen MR) is 146 cm³/mol. The molecule has 0 atom stereocenters. The lowest BCUT2D eigenvalue weighted by molar-refractivity contribution is -0.108. The Morgan fingerprint density at radius 1 is 1.02 bits per heavy atom. The van der Waals surface area contributed by atoms with Crippen LogP contribution in [0, 0.1) is 11.8 Å². The van der Waals surface area contributed by atoms with Gasteiger partial charge in [0.2, 0.25) is 0 Å². The van der Waals surface area contributed by atoms with Gasteiger partial charge >= 0.3 is 11.7 Å².